The van der Waals surface area contributed by atoms with Crippen LogP contribution in [0.25, 0.3) is 0 Å². The van der Waals surface area contributed by atoms with Crippen LogP contribution in [0.4, 0.5) is 0 Å². The maximum atomic E-state index is 11.7. The Morgan fingerprint density at radius 2 is 1.70 bits per heavy atom. The van der Waals surface area contributed by atoms with Crippen LogP contribution in [0.1, 0.15) is 0 Å². The molecule has 1 aromatic rings. The molecule has 0 aliphatic rings. The summed E-state index contributed by atoms with van der Waals surface area (Å²) in [6, 6.07) is 6.82. The lowest BCUT2D eigenvalue weighted by Gasteiger charge is -2.28. The van der Waals surface area contributed by atoms with Crippen molar-refractivity contribution >= 4 is 5.91 Å². The standard InChI is InChI=1S/C13H19NO6/c1-19-10-4-2-3-5-11(10)20-6-12(18)14-13(7-15,8-16)9-17/h2-5,15-17H,6-9H2,1H3,(H,14,18). The van der Waals surface area contributed by atoms with Crippen molar-refractivity contribution in [1.29, 1.82) is 0 Å². The molecular weight excluding hydrogens is 266 g/mol. The molecule has 7 nitrogen and oxygen atoms in total. The first-order chi connectivity index (χ1) is 9.60. The summed E-state index contributed by atoms with van der Waals surface area (Å²) in [5, 5.41) is 29.6. The molecule has 0 fully saturated rings. The van der Waals surface area contributed by atoms with Gasteiger partial charge >= 0.3 is 0 Å². The highest BCUT2D eigenvalue weighted by atomic mass is 16.5. The van der Waals surface area contributed by atoms with Crippen molar-refractivity contribution in [3.05, 3.63) is 24.3 Å². The summed E-state index contributed by atoms with van der Waals surface area (Å²) in [5.41, 5.74) is -1.46. The largest absolute Gasteiger partial charge is 0.493 e. The molecule has 1 rings (SSSR count). The lowest BCUT2D eigenvalue weighted by molar-refractivity contribution is -0.127. The molecule has 0 aromatic heterocycles. The third-order valence-electron chi connectivity index (χ3n) is 2.74. The summed E-state index contributed by atoms with van der Waals surface area (Å²) in [6.45, 7) is -2.08. The third kappa shape index (κ3) is 4.09. The molecule has 7 heteroatoms. The zero-order valence-electron chi connectivity index (χ0n) is 11.2. The molecule has 112 valence electrons. The Morgan fingerprint density at radius 1 is 1.15 bits per heavy atom. The van der Waals surface area contributed by atoms with Crippen LogP contribution in [0, 0.1) is 0 Å². The van der Waals surface area contributed by atoms with Crippen LogP contribution < -0.4 is 14.8 Å². The van der Waals surface area contributed by atoms with Crippen LogP contribution in [0.5, 0.6) is 11.5 Å². The number of hydrogen-bond acceptors (Lipinski definition) is 6. The van der Waals surface area contributed by atoms with Gasteiger partial charge in [-0.1, -0.05) is 12.1 Å². The van der Waals surface area contributed by atoms with Crippen LogP contribution >= 0.6 is 0 Å². The number of amides is 1. The number of rotatable bonds is 8. The van der Waals surface area contributed by atoms with Crippen molar-refractivity contribution in [3.63, 3.8) is 0 Å². The van der Waals surface area contributed by atoms with Gasteiger partial charge in [0.2, 0.25) is 0 Å². The molecule has 0 aliphatic heterocycles. The number of aliphatic hydroxyl groups excluding tert-OH is 3. The lowest BCUT2D eigenvalue weighted by atomic mass is 10.0. The van der Waals surface area contributed by atoms with Gasteiger partial charge in [0.1, 0.15) is 5.54 Å². The number of carbonyl (C=O) groups is 1. The number of para-hydroxylation sites is 2. The second kappa shape index (κ2) is 7.68. The first kappa shape index (κ1) is 16.2. The third-order valence-corrected chi connectivity index (χ3v) is 2.74. The lowest BCUT2D eigenvalue weighted by Crippen LogP contribution is -2.58. The SMILES string of the molecule is COc1ccccc1OCC(=O)NC(CO)(CO)CO. The highest BCUT2D eigenvalue weighted by Gasteiger charge is 2.30. The maximum Gasteiger partial charge on any atom is 0.258 e. The molecule has 0 aliphatic carbocycles. The molecule has 0 saturated heterocycles. The van der Waals surface area contributed by atoms with Crippen molar-refractivity contribution in [3.8, 4) is 11.5 Å². The van der Waals surface area contributed by atoms with Gasteiger partial charge in [0.25, 0.3) is 5.91 Å². The Hall–Kier alpha value is -1.83. The summed E-state index contributed by atoms with van der Waals surface area (Å²) >= 11 is 0. The topological polar surface area (TPSA) is 108 Å². The molecule has 0 saturated carbocycles. The number of carbonyl (C=O) groups excluding carboxylic acids is 1. The van der Waals surface area contributed by atoms with Crippen molar-refractivity contribution in [1.82, 2.24) is 5.32 Å². The number of benzene rings is 1. The Kier molecular flexibility index (Phi) is 6.23. The predicted molar refractivity (Wildman–Crippen MR) is 70.6 cm³/mol. The first-order valence-electron chi connectivity index (χ1n) is 6.00. The van der Waals surface area contributed by atoms with Crippen LogP contribution in [0.2, 0.25) is 0 Å². The van der Waals surface area contributed by atoms with E-state index in [1.54, 1.807) is 24.3 Å². The molecule has 4 N–H and O–H groups in total. The number of methoxy groups -OCH3 is 1. The summed E-state index contributed by atoms with van der Waals surface area (Å²) in [5.74, 6) is 0.304. The molecule has 0 unspecified atom stereocenters. The summed E-state index contributed by atoms with van der Waals surface area (Å²) < 4.78 is 10.4. The van der Waals surface area contributed by atoms with Gasteiger partial charge < -0.3 is 30.1 Å². The number of ether oxygens (including phenoxy) is 2. The number of nitrogens with one attached hydrogen (secondary N) is 1. The molecule has 1 aromatic carbocycles. The molecular formula is C13H19NO6. The quantitative estimate of drug-likeness (QED) is 0.483. The zero-order valence-corrected chi connectivity index (χ0v) is 11.2. The molecule has 0 bridgehead atoms. The highest BCUT2D eigenvalue weighted by molar-refractivity contribution is 5.78. The Bertz CT molecular complexity index is 424. The van der Waals surface area contributed by atoms with Gasteiger partial charge in [-0.15, -0.1) is 0 Å². The normalized spacial score (nSPS) is 11.0. The van der Waals surface area contributed by atoms with E-state index in [9.17, 15) is 4.79 Å². The highest BCUT2D eigenvalue weighted by Crippen LogP contribution is 2.25. The van der Waals surface area contributed by atoms with Crippen molar-refractivity contribution < 1.29 is 29.6 Å². The fourth-order valence-corrected chi connectivity index (χ4v) is 1.48. The Labute approximate surface area is 116 Å². The van der Waals surface area contributed by atoms with Gasteiger partial charge in [-0.05, 0) is 12.1 Å². The second-order valence-corrected chi connectivity index (χ2v) is 4.24. The smallest absolute Gasteiger partial charge is 0.258 e. The van der Waals surface area contributed by atoms with Gasteiger partial charge in [-0.25, -0.2) is 0 Å². The predicted octanol–water partition coefficient (Wildman–Crippen LogP) is -1.09. The van der Waals surface area contributed by atoms with E-state index in [0.29, 0.717) is 11.5 Å². The van der Waals surface area contributed by atoms with E-state index in [4.69, 9.17) is 24.8 Å². The van der Waals surface area contributed by atoms with Crippen molar-refractivity contribution in [2.24, 2.45) is 0 Å². The summed E-state index contributed by atoms with van der Waals surface area (Å²) in [6.07, 6.45) is 0. The minimum Gasteiger partial charge on any atom is -0.493 e. The summed E-state index contributed by atoms with van der Waals surface area (Å²) in [4.78, 5) is 11.7. The average Bonchev–Trinajstić information content (AvgIpc) is 2.51. The van der Waals surface area contributed by atoms with Crippen LogP contribution in [-0.4, -0.2) is 60.3 Å². The van der Waals surface area contributed by atoms with E-state index in [1.807, 2.05) is 0 Å². The van der Waals surface area contributed by atoms with Crippen LogP contribution in [-0.2, 0) is 4.79 Å². The molecule has 0 spiro atoms. The molecule has 0 radical (unpaired) electrons. The van der Waals surface area contributed by atoms with Crippen molar-refractivity contribution in [2.45, 2.75) is 5.54 Å². The summed E-state index contributed by atoms with van der Waals surface area (Å²) in [7, 11) is 1.48. The second-order valence-electron chi connectivity index (χ2n) is 4.24. The average molecular weight is 285 g/mol. The number of aliphatic hydroxyl groups is 3. The molecule has 1 amide bonds. The number of hydrogen-bond donors (Lipinski definition) is 4. The molecule has 0 atom stereocenters. The van der Waals surface area contributed by atoms with Gasteiger partial charge in [-0.3, -0.25) is 4.79 Å². The van der Waals surface area contributed by atoms with Gasteiger partial charge in [0, 0.05) is 0 Å². The minimum absolute atomic E-state index is 0.331. The van der Waals surface area contributed by atoms with Crippen molar-refractivity contribution in [2.75, 3.05) is 33.5 Å². The molecule has 0 heterocycles. The van der Waals surface area contributed by atoms with E-state index >= 15 is 0 Å². The fourth-order valence-electron chi connectivity index (χ4n) is 1.48. The van der Waals surface area contributed by atoms with E-state index in [-0.39, 0.29) is 6.61 Å². The first-order valence-corrected chi connectivity index (χ1v) is 6.00. The van der Waals surface area contributed by atoms with E-state index < -0.39 is 31.3 Å². The van der Waals surface area contributed by atoms with Gasteiger partial charge in [-0.2, -0.15) is 0 Å². The van der Waals surface area contributed by atoms with Gasteiger partial charge in [0.05, 0.1) is 26.9 Å². The van der Waals surface area contributed by atoms with E-state index in [0.717, 1.165) is 0 Å². The van der Waals surface area contributed by atoms with Gasteiger partial charge in [0.15, 0.2) is 18.1 Å². The van der Waals surface area contributed by atoms with Crippen LogP contribution in [0.15, 0.2) is 24.3 Å². The molecule has 20 heavy (non-hydrogen) atoms. The Morgan fingerprint density at radius 3 is 2.20 bits per heavy atom. The maximum absolute atomic E-state index is 11.7. The monoisotopic (exact) mass is 285 g/mol. The zero-order chi connectivity index (χ0) is 15.0. The Balaban J connectivity index is 2.59. The fraction of sp³-hybridized carbons (Fsp3) is 0.462. The van der Waals surface area contributed by atoms with Crippen LogP contribution in [0.3, 0.4) is 0 Å². The van der Waals surface area contributed by atoms with E-state index in [1.165, 1.54) is 7.11 Å². The van der Waals surface area contributed by atoms with E-state index in [2.05, 4.69) is 5.32 Å². The minimum atomic E-state index is -1.46.